The zero-order valence-corrected chi connectivity index (χ0v) is 18.3. The summed E-state index contributed by atoms with van der Waals surface area (Å²) in [5.74, 6) is 0.780. The number of nitrogens with zero attached hydrogens (tertiary/aromatic N) is 1. The van der Waals surface area contributed by atoms with Crippen LogP contribution in [0.3, 0.4) is 0 Å². The molecule has 0 bridgehead atoms. The van der Waals surface area contributed by atoms with Gasteiger partial charge in [0.1, 0.15) is 13.2 Å². The lowest BCUT2D eigenvalue weighted by atomic mass is 10.2. The first-order chi connectivity index (χ1) is 15.4. The molecule has 1 aromatic heterocycles. The predicted octanol–water partition coefficient (Wildman–Crippen LogP) is 2.88. The van der Waals surface area contributed by atoms with E-state index in [4.69, 9.17) is 14.2 Å². The van der Waals surface area contributed by atoms with Gasteiger partial charge in [-0.25, -0.2) is 0 Å². The van der Waals surface area contributed by atoms with Crippen molar-refractivity contribution in [1.82, 2.24) is 4.57 Å². The van der Waals surface area contributed by atoms with E-state index in [-0.39, 0.29) is 30.2 Å². The molecule has 3 rings (SSSR count). The molecule has 0 radical (unpaired) electrons. The van der Waals surface area contributed by atoms with Gasteiger partial charge in [0.2, 0.25) is 11.3 Å². The van der Waals surface area contributed by atoms with Crippen LogP contribution in [0.4, 0.5) is 5.69 Å². The molecule has 0 saturated heterocycles. The van der Waals surface area contributed by atoms with E-state index in [1.165, 1.54) is 31.0 Å². The average Bonchev–Trinajstić information content (AvgIpc) is 2.79. The van der Waals surface area contributed by atoms with Gasteiger partial charge >= 0.3 is 0 Å². The highest BCUT2D eigenvalue weighted by molar-refractivity contribution is 5.91. The van der Waals surface area contributed by atoms with E-state index >= 15 is 0 Å². The van der Waals surface area contributed by atoms with Crippen LogP contribution in [0.25, 0.3) is 0 Å². The quantitative estimate of drug-likeness (QED) is 0.533. The molecule has 0 fully saturated rings. The third-order valence-electron chi connectivity index (χ3n) is 4.84. The molecule has 0 unspecified atom stereocenters. The fourth-order valence-corrected chi connectivity index (χ4v) is 3.10. The summed E-state index contributed by atoms with van der Waals surface area (Å²) in [5.41, 5.74) is 2.51. The van der Waals surface area contributed by atoms with E-state index < -0.39 is 6.61 Å². The summed E-state index contributed by atoms with van der Waals surface area (Å²) in [6.07, 6.45) is 1.44. The second-order valence-corrected chi connectivity index (χ2v) is 7.17. The van der Waals surface area contributed by atoms with Crippen LogP contribution in [-0.2, 0) is 24.6 Å². The maximum Gasteiger partial charge on any atom is 0.244 e. The van der Waals surface area contributed by atoms with Crippen molar-refractivity contribution in [2.24, 2.45) is 0 Å². The van der Waals surface area contributed by atoms with Crippen LogP contribution in [-0.4, -0.2) is 29.8 Å². The van der Waals surface area contributed by atoms with Gasteiger partial charge in [-0.15, -0.1) is 0 Å². The Balaban J connectivity index is 1.74. The number of aryl methyl sites for hydroxylation is 1. The number of amides is 1. The number of pyridine rings is 1. The fourth-order valence-electron chi connectivity index (χ4n) is 3.10. The number of ether oxygens (including phenoxy) is 3. The van der Waals surface area contributed by atoms with Gasteiger partial charge in [0.25, 0.3) is 0 Å². The van der Waals surface area contributed by atoms with Gasteiger partial charge in [-0.2, -0.15) is 0 Å². The second-order valence-electron chi connectivity index (χ2n) is 7.17. The largest absolute Gasteiger partial charge is 0.493 e. The molecular weight excluding hydrogens is 412 g/mol. The van der Waals surface area contributed by atoms with Crippen molar-refractivity contribution in [1.29, 1.82) is 0 Å². The minimum atomic E-state index is -0.392. The highest BCUT2D eigenvalue weighted by atomic mass is 16.5. The molecule has 1 heterocycles. The first-order valence-corrected chi connectivity index (χ1v) is 9.98. The lowest BCUT2D eigenvalue weighted by Gasteiger charge is -2.15. The molecular formula is C24H26N2O6. The Hall–Kier alpha value is -3.78. The summed E-state index contributed by atoms with van der Waals surface area (Å²) in [6, 6.07) is 14.1. The van der Waals surface area contributed by atoms with Gasteiger partial charge in [0.15, 0.2) is 17.2 Å². The standard InChI is InChI=1S/C24H26N2O6/c1-16-4-6-17(7-5-16)15-32-23-12-26(19(14-27)11-20(23)28)13-24(29)25-18-8-9-21(30-2)22(10-18)31-3/h4-12,27H,13-15H2,1-3H3,(H,25,29). The van der Waals surface area contributed by atoms with Gasteiger partial charge < -0.3 is 29.2 Å². The van der Waals surface area contributed by atoms with Crippen LogP contribution in [0.15, 0.2) is 59.5 Å². The Kier molecular flexibility index (Phi) is 7.51. The van der Waals surface area contributed by atoms with Gasteiger partial charge in [-0.3, -0.25) is 9.59 Å². The topological polar surface area (TPSA) is 99.0 Å². The Labute approximate surface area is 186 Å². The Morgan fingerprint density at radius 1 is 1.00 bits per heavy atom. The summed E-state index contributed by atoms with van der Waals surface area (Å²) in [7, 11) is 3.04. The number of benzene rings is 2. The summed E-state index contributed by atoms with van der Waals surface area (Å²) in [6.45, 7) is 1.69. The molecule has 0 aliphatic rings. The summed E-state index contributed by atoms with van der Waals surface area (Å²) >= 11 is 0. The van der Waals surface area contributed by atoms with E-state index in [0.29, 0.717) is 22.9 Å². The summed E-state index contributed by atoms with van der Waals surface area (Å²) < 4.78 is 17.6. The molecule has 0 atom stereocenters. The smallest absolute Gasteiger partial charge is 0.244 e. The lowest BCUT2D eigenvalue weighted by molar-refractivity contribution is -0.116. The monoisotopic (exact) mass is 438 g/mol. The minimum absolute atomic E-state index is 0.0988. The SMILES string of the molecule is COc1ccc(NC(=O)Cn2cc(OCc3ccc(C)cc3)c(=O)cc2CO)cc1OC. The van der Waals surface area contributed by atoms with Gasteiger partial charge in [0, 0.05) is 23.5 Å². The maximum atomic E-state index is 12.6. The number of nitrogens with one attached hydrogen (secondary N) is 1. The van der Waals surface area contributed by atoms with Crippen molar-refractivity contribution in [3.63, 3.8) is 0 Å². The number of carbonyl (C=O) groups excluding carboxylic acids is 1. The molecule has 8 heteroatoms. The molecule has 0 spiro atoms. The lowest BCUT2D eigenvalue weighted by Crippen LogP contribution is -2.23. The molecule has 8 nitrogen and oxygen atoms in total. The van der Waals surface area contributed by atoms with Crippen molar-refractivity contribution >= 4 is 11.6 Å². The molecule has 3 aromatic rings. The zero-order valence-electron chi connectivity index (χ0n) is 18.3. The fraction of sp³-hybridized carbons (Fsp3) is 0.250. The van der Waals surface area contributed by atoms with Crippen molar-refractivity contribution in [2.75, 3.05) is 19.5 Å². The van der Waals surface area contributed by atoms with Crippen molar-refractivity contribution < 1.29 is 24.1 Å². The molecule has 0 aliphatic carbocycles. The van der Waals surface area contributed by atoms with Crippen molar-refractivity contribution in [2.45, 2.75) is 26.7 Å². The molecule has 0 saturated carbocycles. The van der Waals surface area contributed by atoms with Crippen LogP contribution >= 0.6 is 0 Å². The Morgan fingerprint density at radius 2 is 1.72 bits per heavy atom. The number of aliphatic hydroxyl groups excluding tert-OH is 1. The maximum absolute atomic E-state index is 12.6. The number of rotatable bonds is 9. The number of aliphatic hydroxyl groups is 1. The molecule has 32 heavy (non-hydrogen) atoms. The molecule has 0 aliphatic heterocycles. The highest BCUT2D eigenvalue weighted by Gasteiger charge is 2.12. The number of hydrogen-bond acceptors (Lipinski definition) is 6. The third kappa shape index (κ3) is 5.67. The van der Waals surface area contributed by atoms with Gasteiger partial charge in [-0.1, -0.05) is 29.8 Å². The summed E-state index contributed by atoms with van der Waals surface area (Å²) in [5, 5.41) is 12.4. The van der Waals surface area contributed by atoms with Gasteiger partial charge in [-0.05, 0) is 24.6 Å². The first kappa shape index (κ1) is 22.9. The molecule has 2 aromatic carbocycles. The average molecular weight is 438 g/mol. The number of carbonyl (C=O) groups is 1. The van der Waals surface area contributed by atoms with Crippen molar-refractivity contribution in [3.8, 4) is 17.2 Å². The highest BCUT2D eigenvalue weighted by Crippen LogP contribution is 2.29. The van der Waals surface area contributed by atoms with Crippen molar-refractivity contribution in [3.05, 3.63) is 81.8 Å². The van der Waals surface area contributed by atoms with Crippen LogP contribution in [0, 0.1) is 6.92 Å². The van der Waals surface area contributed by atoms with E-state index in [1.54, 1.807) is 18.2 Å². The van der Waals surface area contributed by atoms with E-state index in [9.17, 15) is 14.7 Å². The van der Waals surface area contributed by atoms with E-state index in [2.05, 4.69) is 5.32 Å². The molecule has 1 amide bonds. The number of aromatic nitrogens is 1. The Morgan fingerprint density at radius 3 is 2.38 bits per heavy atom. The summed E-state index contributed by atoms with van der Waals surface area (Å²) in [4.78, 5) is 25.0. The van der Waals surface area contributed by atoms with Crippen LogP contribution in [0.1, 0.15) is 16.8 Å². The first-order valence-electron chi connectivity index (χ1n) is 9.98. The van der Waals surface area contributed by atoms with Gasteiger partial charge in [0.05, 0.1) is 27.0 Å². The van der Waals surface area contributed by atoms with Crippen LogP contribution < -0.4 is 25.0 Å². The van der Waals surface area contributed by atoms with E-state index in [0.717, 1.165) is 11.1 Å². The molecule has 168 valence electrons. The molecule has 2 N–H and O–H groups in total. The minimum Gasteiger partial charge on any atom is -0.493 e. The number of anilines is 1. The zero-order chi connectivity index (χ0) is 23.1. The predicted molar refractivity (Wildman–Crippen MR) is 120 cm³/mol. The van der Waals surface area contributed by atoms with E-state index in [1.807, 2.05) is 31.2 Å². The number of hydrogen-bond donors (Lipinski definition) is 2. The normalized spacial score (nSPS) is 10.5. The Bertz CT molecular complexity index is 1140. The second kappa shape index (κ2) is 10.5. The number of methoxy groups -OCH3 is 2. The third-order valence-corrected chi connectivity index (χ3v) is 4.84. The van der Waals surface area contributed by atoms with Crippen LogP contribution in [0.5, 0.6) is 17.2 Å². The van der Waals surface area contributed by atoms with Crippen LogP contribution in [0.2, 0.25) is 0 Å².